The molecule has 1 rings (SSSR count). The molecule has 0 fully saturated rings. The summed E-state index contributed by atoms with van der Waals surface area (Å²) in [4.78, 5) is 0. The van der Waals surface area contributed by atoms with Crippen molar-refractivity contribution in [3.8, 4) is 0 Å². The van der Waals surface area contributed by atoms with Crippen molar-refractivity contribution in [3.05, 3.63) is 30.6 Å². The van der Waals surface area contributed by atoms with Crippen LogP contribution in [0, 0.1) is 5.41 Å². The first-order valence-electron chi connectivity index (χ1n) is 2.68. The summed E-state index contributed by atoms with van der Waals surface area (Å²) in [6.07, 6.45) is 4.81. The molecule has 0 aliphatic rings. The normalized spacial score (nSPS) is 8.89. The highest BCUT2D eigenvalue weighted by atomic mass is 14.9. The third kappa shape index (κ3) is 0.914. The van der Waals surface area contributed by atoms with Gasteiger partial charge in [0.1, 0.15) is 0 Å². The summed E-state index contributed by atoms with van der Waals surface area (Å²) in [5, 5.41) is 6.91. The molecule has 2 heteroatoms. The minimum Gasteiger partial charge on any atom is -0.323 e. The van der Waals surface area contributed by atoms with Crippen LogP contribution in [0.2, 0.25) is 0 Å². The molecule has 1 aromatic rings. The fraction of sp³-hybridized carbons (Fsp3) is 0. The fourth-order valence-corrected chi connectivity index (χ4v) is 0.695. The van der Waals surface area contributed by atoms with E-state index < -0.39 is 0 Å². The van der Waals surface area contributed by atoms with E-state index in [0.717, 1.165) is 5.69 Å². The molecule has 1 N–H and O–H groups in total. The number of nitrogens with zero attached hydrogens (tertiary/aromatic N) is 1. The van der Waals surface area contributed by atoms with Gasteiger partial charge in [-0.05, 0) is 12.1 Å². The lowest BCUT2D eigenvalue weighted by Gasteiger charge is -1.92. The first kappa shape index (κ1) is 5.82. The van der Waals surface area contributed by atoms with Crippen LogP contribution >= 0.6 is 0 Å². The van der Waals surface area contributed by atoms with E-state index >= 15 is 0 Å². The predicted molar refractivity (Wildman–Crippen MR) is 38.7 cm³/mol. The van der Waals surface area contributed by atoms with Gasteiger partial charge in [-0.1, -0.05) is 6.58 Å². The molecule has 1 heterocycles. The molecule has 0 spiro atoms. The van der Waals surface area contributed by atoms with Gasteiger partial charge in [0.2, 0.25) is 0 Å². The van der Waals surface area contributed by atoms with Gasteiger partial charge in [-0.3, -0.25) is 0 Å². The third-order valence-corrected chi connectivity index (χ3v) is 1.16. The quantitative estimate of drug-likeness (QED) is 0.574. The van der Waals surface area contributed by atoms with E-state index in [1.54, 1.807) is 10.8 Å². The zero-order chi connectivity index (χ0) is 6.69. The molecule has 0 aliphatic heterocycles. The van der Waals surface area contributed by atoms with E-state index in [-0.39, 0.29) is 0 Å². The summed E-state index contributed by atoms with van der Waals surface area (Å²) in [6.45, 7) is 3.57. The summed E-state index contributed by atoms with van der Waals surface area (Å²) >= 11 is 0. The maximum atomic E-state index is 6.91. The summed E-state index contributed by atoms with van der Waals surface area (Å²) in [7, 11) is 0. The molecule has 0 saturated heterocycles. The lowest BCUT2D eigenvalue weighted by molar-refractivity contribution is 1.15. The van der Waals surface area contributed by atoms with Gasteiger partial charge in [-0.15, -0.1) is 0 Å². The van der Waals surface area contributed by atoms with Crippen LogP contribution in [0.15, 0.2) is 24.9 Å². The molecule has 0 aromatic carbocycles. The van der Waals surface area contributed by atoms with Crippen molar-refractivity contribution in [2.75, 3.05) is 0 Å². The summed E-state index contributed by atoms with van der Waals surface area (Å²) in [5.41, 5.74) is 0.852. The van der Waals surface area contributed by atoms with Crippen LogP contribution in [0.1, 0.15) is 5.69 Å². The van der Waals surface area contributed by atoms with Gasteiger partial charge in [-0.25, -0.2) is 0 Å². The maximum absolute atomic E-state index is 6.91. The van der Waals surface area contributed by atoms with Crippen LogP contribution in [0.4, 0.5) is 0 Å². The number of nitrogens with one attached hydrogen (secondary N) is 1. The Hall–Kier alpha value is -1.31. The van der Waals surface area contributed by atoms with Crippen molar-refractivity contribution in [3.63, 3.8) is 0 Å². The van der Waals surface area contributed by atoms with E-state index in [2.05, 4.69) is 6.58 Å². The Morgan fingerprint density at radius 3 is 2.89 bits per heavy atom. The van der Waals surface area contributed by atoms with Crippen LogP contribution in [0.5, 0.6) is 0 Å². The average Bonchev–Trinajstić information content (AvgIpc) is 2.33. The first-order chi connectivity index (χ1) is 4.38. The molecule has 0 saturated carbocycles. The van der Waals surface area contributed by atoms with Gasteiger partial charge in [0.15, 0.2) is 0 Å². The summed E-state index contributed by atoms with van der Waals surface area (Å²) in [6, 6.07) is 3.73. The first-order valence-corrected chi connectivity index (χ1v) is 2.68. The largest absolute Gasteiger partial charge is 0.323 e. The highest BCUT2D eigenvalue weighted by Crippen LogP contribution is 1.97. The Bertz CT molecular complexity index is 200. The van der Waals surface area contributed by atoms with Gasteiger partial charge < -0.3 is 9.98 Å². The van der Waals surface area contributed by atoms with Gasteiger partial charge in [0.25, 0.3) is 0 Å². The molecule has 1 aromatic heterocycles. The smallest absolute Gasteiger partial charge is 0.0626 e. The van der Waals surface area contributed by atoms with E-state index in [9.17, 15) is 0 Å². The minimum absolute atomic E-state index is 0.852. The van der Waals surface area contributed by atoms with Gasteiger partial charge in [-0.2, -0.15) is 0 Å². The van der Waals surface area contributed by atoms with E-state index in [1.165, 1.54) is 6.21 Å². The zero-order valence-electron chi connectivity index (χ0n) is 5.04. The summed E-state index contributed by atoms with van der Waals surface area (Å²) < 4.78 is 1.78. The van der Waals surface area contributed by atoms with Gasteiger partial charge in [0.05, 0.1) is 5.69 Å². The number of hydrogen-bond donors (Lipinski definition) is 1. The van der Waals surface area contributed by atoms with Crippen LogP contribution in [0.25, 0.3) is 6.20 Å². The van der Waals surface area contributed by atoms with Crippen molar-refractivity contribution in [2.45, 2.75) is 0 Å². The second-order valence-electron chi connectivity index (χ2n) is 1.67. The molecular formula is C7H8N2. The van der Waals surface area contributed by atoms with Gasteiger partial charge in [0, 0.05) is 18.6 Å². The van der Waals surface area contributed by atoms with Crippen LogP contribution in [-0.4, -0.2) is 10.8 Å². The van der Waals surface area contributed by atoms with Crippen molar-refractivity contribution < 1.29 is 0 Å². The number of aromatic nitrogens is 1. The Balaban J connectivity index is 3.12. The van der Waals surface area contributed by atoms with E-state index in [1.807, 2.05) is 18.3 Å². The Labute approximate surface area is 53.9 Å². The molecule has 46 valence electrons. The lowest BCUT2D eigenvalue weighted by Crippen LogP contribution is -1.88. The number of hydrogen-bond acceptors (Lipinski definition) is 1. The molecule has 0 aliphatic carbocycles. The third-order valence-electron chi connectivity index (χ3n) is 1.16. The monoisotopic (exact) mass is 120 g/mol. The second kappa shape index (κ2) is 2.31. The highest BCUT2D eigenvalue weighted by molar-refractivity contribution is 5.75. The molecule has 9 heavy (non-hydrogen) atoms. The molecule has 0 unspecified atom stereocenters. The Morgan fingerprint density at radius 1 is 1.67 bits per heavy atom. The second-order valence-corrected chi connectivity index (χ2v) is 1.67. The van der Waals surface area contributed by atoms with Crippen molar-refractivity contribution in [2.24, 2.45) is 0 Å². The van der Waals surface area contributed by atoms with E-state index in [4.69, 9.17) is 5.41 Å². The van der Waals surface area contributed by atoms with Crippen LogP contribution in [0.3, 0.4) is 0 Å². The number of rotatable bonds is 2. The fourth-order valence-electron chi connectivity index (χ4n) is 0.695. The van der Waals surface area contributed by atoms with Crippen LogP contribution < -0.4 is 0 Å². The van der Waals surface area contributed by atoms with Gasteiger partial charge >= 0.3 is 0 Å². The molecule has 0 atom stereocenters. The predicted octanol–water partition coefficient (Wildman–Crippen LogP) is 1.59. The van der Waals surface area contributed by atoms with Crippen molar-refractivity contribution >= 4 is 12.4 Å². The maximum Gasteiger partial charge on any atom is 0.0626 e. The molecule has 0 amide bonds. The van der Waals surface area contributed by atoms with Crippen LogP contribution in [-0.2, 0) is 0 Å². The zero-order valence-corrected chi connectivity index (χ0v) is 5.04. The van der Waals surface area contributed by atoms with Crippen molar-refractivity contribution in [1.29, 1.82) is 5.41 Å². The topological polar surface area (TPSA) is 28.8 Å². The Kier molecular flexibility index (Phi) is 1.49. The highest BCUT2D eigenvalue weighted by Gasteiger charge is 1.88. The standard InChI is InChI=1S/C7H8N2/c1-2-9-5-3-4-7(9)6-8/h2-6,8H,1H2. The minimum atomic E-state index is 0.852. The molecule has 2 nitrogen and oxygen atoms in total. The van der Waals surface area contributed by atoms with E-state index in [0.29, 0.717) is 0 Å². The SMILES string of the molecule is C=Cn1cccc1C=N. The molecule has 0 bridgehead atoms. The Morgan fingerprint density at radius 2 is 2.44 bits per heavy atom. The lowest BCUT2D eigenvalue weighted by atomic mass is 10.5. The molecular weight excluding hydrogens is 112 g/mol. The molecule has 0 radical (unpaired) electrons. The summed E-state index contributed by atoms with van der Waals surface area (Å²) in [5.74, 6) is 0. The average molecular weight is 120 g/mol. The van der Waals surface area contributed by atoms with Crippen molar-refractivity contribution in [1.82, 2.24) is 4.57 Å².